The van der Waals surface area contributed by atoms with E-state index < -0.39 is 0 Å². The molecule has 0 aliphatic rings. The van der Waals surface area contributed by atoms with Crippen LogP contribution in [0.2, 0.25) is 0 Å². The monoisotopic (exact) mass is 325 g/mol. The summed E-state index contributed by atoms with van der Waals surface area (Å²) in [6.07, 6.45) is 0. The summed E-state index contributed by atoms with van der Waals surface area (Å²) >= 11 is 3.08. The minimum Gasteiger partial charge on any atom is -0.437 e. The quantitative estimate of drug-likeness (QED) is 0.916. The Balaban J connectivity index is 2.04. The molecule has 0 aliphatic carbocycles. The number of hydrogen-bond acceptors (Lipinski definition) is 4. The highest BCUT2D eigenvalue weighted by Crippen LogP contribution is 2.24. The SMILES string of the molecule is CCNCc1ccc(Oc2ccc(Br)c(F)c2)nn1. The Morgan fingerprint density at radius 2 is 2.11 bits per heavy atom. The lowest BCUT2D eigenvalue weighted by molar-refractivity contribution is 0.448. The van der Waals surface area contributed by atoms with E-state index in [1.807, 2.05) is 13.0 Å². The standard InChI is InChI=1S/C13H13BrFN3O/c1-2-16-8-9-3-6-13(18-17-9)19-10-4-5-11(14)12(15)7-10/h3-7,16H,2,8H2,1H3. The van der Waals surface area contributed by atoms with Gasteiger partial charge < -0.3 is 10.1 Å². The maximum Gasteiger partial charge on any atom is 0.238 e. The molecular formula is C13H13BrFN3O. The van der Waals surface area contributed by atoms with Crippen molar-refractivity contribution < 1.29 is 9.13 Å². The van der Waals surface area contributed by atoms with Gasteiger partial charge >= 0.3 is 0 Å². The van der Waals surface area contributed by atoms with Crippen molar-refractivity contribution >= 4 is 15.9 Å². The first kappa shape index (κ1) is 13.9. The fraction of sp³-hybridized carbons (Fsp3) is 0.231. The second-order valence-electron chi connectivity index (χ2n) is 3.82. The van der Waals surface area contributed by atoms with Crippen LogP contribution in [0.3, 0.4) is 0 Å². The third kappa shape index (κ3) is 3.97. The fourth-order valence-corrected chi connectivity index (χ4v) is 1.66. The summed E-state index contributed by atoms with van der Waals surface area (Å²) in [5.41, 5.74) is 0.830. The van der Waals surface area contributed by atoms with E-state index in [1.165, 1.54) is 6.07 Å². The average molecular weight is 326 g/mol. The number of rotatable bonds is 5. The lowest BCUT2D eigenvalue weighted by Gasteiger charge is -2.05. The number of halogens is 2. The molecule has 0 bridgehead atoms. The minimum atomic E-state index is -0.380. The molecule has 0 unspecified atom stereocenters. The number of nitrogens with zero attached hydrogens (tertiary/aromatic N) is 2. The summed E-state index contributed by atoms with van der Waals surface area (Å²) in [7, 11) is 0. The van der Waals surface area contributed by atoms with Crippen LogP contribution < -0.4 is 10.1 Å². The Kier molecular flexibility index (Phi) is 4.81. The van der Waals surface area contributed by atoms with E-state index in [1.54, 1.807) is 18.2 Å². The van der Waals surface area contributed by atoms with Gasteiger partial charge in [-0.1, -0.05) is 6.92 Å². The molecule has 1 aromatic carbocycles. The number of aromatic nitrogens is 2. The molecule has 6 heteroatoms. The predicted molar refractivity (Wildman–Crippen MR) is 73.6 cm³/mol. The van der Waals surface area contributed by atoms with Crippen molar-refractivity contribution in [2.24, 2.45) is 0 Å². The fourth-order valence-electron chi connectivity index (χ4n) is 1.41. The normalized spacial score (nSPS) is 10.5. The molecule has 0 spiro atoms. The molecular weight excluding hydrogens is 313 g/mol. The molecule has 19 heavy (non-hydrogen) atoms. The first-order chi connectivity index (χ1) is 9.19. The van der Waals surface area contributed by atoms with Crippen LogP contribution in [0.15, 0.2) is 34.8 Å². The van der Waals surface area contributed by atoms with Crippen LogP contribution in [0.1, 0.15) is 12.6 Å². The van der Waals surface area contributed by atoms with Gasteiger partial charge in [-0.3, -0.25) is 0 Å². The van der Waals surface area contributed by atoms with Crippen LogP contribution in [0.4, 0.5) is 4.39 Å². The van der Waals surface area contributed by atoms with Gasteiger partial charge in [-0.05, 0) is 40.7 Å². The lowest BCUT2D eigenvalue weighted by Crippen LogP contribution is -2.13. The highest BCUT2D eigenvalue weighted by atomic mass is 79.9. The molecule has 1 heterocycles. The zero-order valence-electron chi connectivity index (χ0n) is 10.4. The highest BCUT2D eigenvalue weighted by molar-refractivity contribution is 9.10. The maximum atomic E-state index is 13.3. The molecule has 1 N–H and O–H groups in total. The highest BCUT2D eigenvalue weighted by Gasteiger charge is 2.04. The van der Waals surface area contributed by atoms with Gasteiger partial charge in [-0.2, -0.15) is 5.10 Å². The van der Waals surface area contributed by atoms with Crippen LogP contribution in [-0.4, -0.2) is 16.7 Å². The molecule has 0 saturated heterocycles. The van der Waals surface area contributed by atoms with Gasteiger partial charge in [0.1, 0.15) is 11.6 Å². The van der Waals surface area contributed by atoms with Gasteiger partial charge in [-0.15, -0.1) is 5.10 Å². The van der Waals surface area contributed by atoms with Crippen LogP contribution in [0, 0.1) is 5.82 Å². The van der Waals surface area contributed by atoms with Crippen molar-refractivity contribution in [3.8, 4) is 11.6 Å². The largest absolute Gasteiger partial charge is 0.437 e. The molecule has 100 valence electrons. The van der Waals surface area contributed by atoms with Gasteiger partial charge in [0, 0.05) is 18.7 Å². The average Bonchev–Trinajstić information content (AvgIpc) is 2.42. The van der Waals surface area contributed by atoms with Gasteiger partial charge in [0.2, 0.25) is 5.88 Å². The second kappa shape index (κ2) is 6.58. The first-order valence-electron chi connectivity index (χ1n) is 5.85. The van der Waals surface area contributed by atoms with E-state index in [0.29, 0.717) is 22.6 Å². The third-order valence-corrected chi connectivity index (χ3v) is 3.01. The Hall–Kier alpha value is -1.53. The van der Waals surface area contributed by atoms with Crippen molar-refractivity contribution in [2.75, 3.05) is 6.54 Å². The number of ether oxygens (including phenoxy) is 1. The van der Waals surface area contributed by atoms with Gasteiger partial charge in [0.15, 0.2) is 0 Å². The second-order valence-corrected chi connectivity index (χ2v) is 4.68. The molecule has 0 radical (unpaired) electrons. The van der Waals surface area contributed by atoms with Crippen LogP contribution in [0.25, 0.3) is 0 Å². The first-order valence-corrected chi connectivity index (χ1v) is 6.64. The summed E-state index contributed by atoms with van der Waals surface area (Å²) in [5.74, 6) is 0.339. The molecule has 0 saturated carbocycles. The van der Waals surface area contributed by atoms with E-state index in [-0.39, 0.29) is 5.82 Å². The van der Waals surface area contributed by atoms with Crippen molar-refractivity contribution in [1.29, 1.82) is 0 Å². The molecule has 4 nitrogen and oxygen atoms in total. The summed E-state index contributed by atoms with van der Waals surface area (Å²) < 4.78 is 19.1. The Bertz CT molecular complexity index is 548. The molecule has 2 rings (SSSR count). The number of nitrogens with one attached hydrogen (secondary N) is 1. The van der Waals surface area contributed by atoms with Crippen molar-refractivity contribution in [3.05, 3.63) is 46.3 Å². The Morgan fingerprint density at radius 1 is 1.26 bits per heavy atom. The van der Waals surface area contributed by atoms with Crippen molar-refractivity contribution in [2.45, 2.75) is 13.5 Å². The van der Waals surface area contributed by atoms with Gasteiger partial charge in [0.05, 0.1) is 10.2 Å². The molecule has 0 aliphatic heterocycles. The van der Waals surface area contributed by atoms with Gasteiger partial charge in [0.25, 0.3) is 0 Å². The number of benzene rings is 1. The van der Waals surface area contributed by atoms with E-state index in [4.69, 9.17) is 4.74 Å². The Morgan fingerprint density at radius 3 is 2.74 bits per heavy atom. The van der Waals surface area contributed by atoms with E-state index in [0.717, 1.165) is 12.2 Å². The maximum absolute atomic E-state index is 13.3. The number of hydrogen-bond donors (Lipinski definition) is 1. The van der Waals surface area contributed by atoms with E-state index in [9.17, 15) is 4.39 Å². The minimum absolute atomic E-state index is 0.335. The van der Waals surface area contributed by atoms with E-state index >= 15 is 0 Å². The van der Waals surface area contributed by atoms with Crippen molar-refractivity contribution in [3.63, 3.8) is 0 Å². The van der Waals surface area contributed by atoms with Gasteiger partial charge in [-0.25, -0.2) is 4.39 Å². The summed E-state index contributed by atoms with van der Waals surface area (Å²) in [4.78, 5) is 0. The zero-order valence-corrected chi connectivity index (χ0v) is 11.9. The predicted octanol–water partition coefficient (Wildman–Crippen LogP) is 3.28. The summed E-state index contributed by atoms with van der Waals surface area (Å²) in [6, 6.07) is 8.05. The molecule has 0 atom stereocenters. The smallest absolute Gasteiger partial charge is 0.238 e. The molecule has 0 amide bonds. The lowest BCUT2D eigenvalue weighted by atomic mass is 10.3. The van der Waals surface area contributed by atoms with Crippen LogP contribution >= 0.6 is 15.9 Å². The summed E-state index contributed by atoms with van der Waals surface area (Å²) in [5, 5.41) is 11.1. The topological polar surface area (TPSA) is 47.0 Å². The molecule has 2 aromatic rings. The van der Waals surface area contributed by atoms with E-state index in [2.05, 4.69) is 31.4 Å². The van der Waals surface area contributed by atoms with Crippen LogP contribution in [-0.2, 0) is 6.54 Å². The third-order valence-electron chi connectivity index (χ3n) is 2.36. The molecule has 1 aromatic heterocycles. The van der Waals surface area contributed by atoms with Crippen molar-refractivity contribution in [1.82, 2.24) is 15.5 Å². The summed E-state index contributed by atoms with van der Waals surface area (Å²) in [6.45, 7) is 3.56. The van der Waals surface area contributed by atoms with Crippen LogP contribution in [0.5, 0.6) is 11.6 Å². The zero-order chi connectivity index (χ0) is 13.7. The Labute approximate surface area is 119 Å². The molecule has 0 fully saturated rings.